The SMILES string of the molecule is CC1(C)O[C@H]([C@H]2COC(C)(C)O2)[C@@H](C(O)C(Br)[N+](=O)[O-])O1. The smallest absolute Gasteiger partial charge is 0.293 e. The Morgan fingerprint density at radius 2 is 1.86 bits per heavy atom. The number of alkyl halides is 1. The molecule has 0 aliphatic carbocycles. The van der Waals surface area contributed by atoms with Crippen LogP contribution in [0.4, 0.5) is 0 Å². The summed E-state index contributed by atoms with van der Waals surface area (Å²) in [6, 6.07) is 0. The van der Waals surface area contributed by atoms with E-state index in [9.17, 15) is 15.2 Å². The highest BCUT2D eigenvalue weighted by atomic mass is 79.9. The molecule has 8 nitrogen and oxygen atoms in total. The standard InChI is InChI=1S/C12H20BrNO7/c1-11(2)18-5-6(19-11)8-9(21-12(3,4)20-8)7(15)10(13)14(16)17/h6-10,15H,5H2,1-4H3/t6-,7?,8-,9-,10?/m1/s1. The van der Waals surface area contributed by atoms with Gasteiger partial charge in [0.1, 0.15) is 18.3 Å². The molecule has 2 heterocycles. The van der Waals surface area contributed by atoms with Gasteiger partial charge in [-0.1, -0.05) is 0 Å². The third-order valence-corrected chi connectivity index (χ3v) is 4.26. The van der Waals surface area contributed by atoms with Crippen LogP contribution in [0.1, 0.15) is 27.7 Å². The van der Waals surface area contributed by atoms with Crippen molar-refractivity contribution >= 4 is 15.9 Å². The largest absolute Gasteiger partial charge is 0.382 e. The zero-order chi connectivity index (χ0) is 16.0. The first-order valence-corrected chi connectivity index (χ1v) is 7.57. The van der Waals surface area contributed by atoms with Gasteiger partial charge in [-0.3, -0.25) is 10.1 Å². The average molecular weight is 370 g/mol. The van der Waals surface area contributed by atoms with Gasteiger partial charge in [0.15, 0.2) is 17.7 Å². The molecular weight excluding hydrogens is 350 g/mol. The number of aliphatic hydroxyl groups is 1. The Bertz CT molecular complexity index is 416. The van der Waals surface area contributed by atoms with Gasteiger partial charge in [-0.25, -0.2) is 0 Å². The normalized spacial score (nSPS) is 37.3. The second-order valence-corrected chi connectivity index (χ2v) is 7.02. The van der Waals surface area contributed by atoms with Crippen molar-refractivity contribution in [2.24, 2.45) is 0 Å². The molecule has 0 aromatic carbocycles. The number of ether oxygens (including phenoxy) is 4. The summed E-state index contributed by atoms with van der Waals surface area (Å²) in [6.45, 7) is 7.17. The molecule has 2 saturated heterocycles. The fraction of sp³-hybridized carbons (Fsp3) is 1.00. The first-order valence-electron chi connectivity index (χ1n) is 6.65. The molecule has 2 aliphatic heterocycles. The van der Waals surface area contributed by atoms with Gasteiger partial charge >= 0.3 is 0 Å². The number of halogens is 1. The van der Waals surface area contributed by atoms with Gasteiger partial charge in [0.05, 0.1) is 6.61 Å². The zero-order valence-corrected chi connectivity index (χ0v) is 13.9. The van der Waals surface area contributed by atoms with Crippen molar-refractivity contribution in [3.05, 3.63) is 10.1 Å². The van der Waals surface area contributed by atoms with E-state index in [1.807, 2.05) is 0 Å². The lowest BCUT2D eigenvalue weighted by Gasteiger charge is -2.26. The van der Waals surface area contributed by atoms with Crippen LogP contribution in [0.25, 0.3) is 0 Å². The summed E-state index contributed by atoms with van der Waals surface area (Å²) in [5.41, 5.74) is 0. The Kier molecular flexibility index (Phi) is 4.63. The molecule has 0 amide bonds. The molecule has 0 aromatic rings. The molecule has 2 unspecified atom stereocenters. The minimum absolute atomic E-state index is 0.270. The third-order valence-electron chi connectivity index (χ3n) is 3.38. The van der Waals surface area contributed by atoms with Crippen LogP contribution in [-0.2, 0) is 18.9 Å². The Balaban J connectivity index is 2.16. The maximum Gasteiger partial charge on any atom is 0.293 e. The predicted molar refractivity (Wildman–Crippen MR) is 74.4 cm³/mol. The Labute approximate surface area is 131 Å². The summed E-state index contributed by atoms with van der Waals surface area (Å²) < 4.78 is 22.6. The van der Waals surface area contributed by atoms with Gasteiger partial charge in [-0.15, -0.1) is 0 Å². The average Bonchev–Trinajstić information content (AvgIpc) is 2.86. The van der Waals surface area contributed by atoms with Crippen LogP contribution in [0.5, 0.6) is 0 Å². The summed E-state index contributed by atoms with van der Waals surface area (Å²) in [5.74, 6) is -1.72. The maximum atomic E-state index is 10.8. The summed E-state index contributed by atoms with van der Waals surface area (Å²) in [5, 5.41) is 21.0. The minimum Gasteiger partial charge on any atom is -0.382 e. The van der Waals surface area contributed by atoms with E-state index in [1.54, 1.807) is 27.7 Å². The van der Waals surface area contributed by atoms with Gasteiger partial charge in [0.2, 0.25) is 0 Å². The molecule has 2 aliphatic rings. The van der Waals surface area contributed by atoms with Crippen LogP contribution in [0.15, 0.2) is 0 Å². The highest BCUT2D eigenvalue weighted by molar-refractivity contribution is 9.09. The second kappa shape index (κ2) is 5.71. The molecule has 0 saturated carbocycles. The van der Waals surface area contributed by atoms with E-state index in [0.29, 0.717) is 0 Å². The quantitative estimate of drug-likeness (QED) is 0.341. The van der Waals surface area contributed by atoms with Crippen LogP contribution in [0.3, 0.4) is 0 Å². The van der Waals surface area contributed by atoms with E-state index < -0.39 is 45.9 Å². The number of hydrogen-bond acceptors (Lipinski definition) is 7. The number of hydrogen-bond donors (Lipinski definition) is 1. The summed E-state index contributed by atoms with van der Waals surface area (Å²) in [4.78, 5) is 8.87. The molecule has 0 spiro atoms. The van der Waals surface area contributed by atoms with E-state index in [4.69, 9.17) is 18.9 Å². The summed E-state index contributed by atoms with van der Waals surface area (Å²) in [7, 11) is 0. The van der Waals surface area contributed by atoms with Gasteiger partial charge in [0, 0.05) is 4.92 Å². The van der Waals surface area contributed by atoms with Crippen LogP contribution in [0, 0.1) is 10.1 Å². The van der Waals surface area contributed by atoms with E-state index in [2.05, 4.69) is 15.9 Å². The predicted octanol–water partition coefficient (Wildman–Crippen LogP) is 1.02. The van der Waals surface area contributed by atoms with Crippen molar-refractivity contribution in [2.75, 3.05) is 6.61 Å². The molecular formula is C12H20BrNO7. The van der Waals surface area contributed by atoms with Crippen LogP contribution in [-0.4, -0.2) is 57.6 Å². The fourth-order valence-electron chi connectivity index (χ4n) is 2.53. The van der Waals surface area contributed by atoms with E-state index >= 15 is 0 Å². The van der Waals surface area contributed by atoms with Crippen molar-refractivity contribution < 1.29 is 29.0 Å². The lowest BCUT2D eigenvalue weighted by Crippen LogP contribution is -2.48. The Morgan fingerprint density at radius 1 is 1.24 bits per heavy atom. The van der Waals surface area contributed by atoms with Crippen molar-refractivity contribution in [1.29, 1.82) is 0 Å². The monoisotopic (exact) mass is 369 g/mol. The van der Waals surface area contributed by atoms with Gasteiger partial charge in [0.25, 0.3) is 4.95 Å². The maximum absolute atomic E-state index is 10.8. The Hall–Kier alpha value is -0.320. The van der Waals surface area contributed by atoms with Gasteiger partial charge in [-0.05, 0) is 43.6 Å². The summed E-state index contributed by atoms with van der Waals surface area (Å²) >= 11 is 2.86. The molecule has 5 atom stereocenters. The van der Waals surface area contributed by atoms with Crippen molar-refractivity contribution in [3.63, 3.8) is 0 Å². The number of rotatable bonds is 4. The third kappa shape index (κ3) is 3.72. The first-order chi connectivity index (χ1) is 9.52. The lowest BCUT2D eigenvalue weighted by atomic mass is 10.0. The molecule has 0 aromatic heterocycles. The molecule has 2 fully saturated rings. The van der Waals surface area contributed by atoms with Gasteiger partial charge in [-0.2, -0.15) is 0 Å². The van der Waals surface area contributed by atoms with Crippen LogP contribution >= 0.6 is 15.9 Å². The fourth-order valence-corrected chi connectivity index (χ4v) is 2.83. The van der Waals surface area contributed by atoms with E-state index in [0.717, 1.165) is 0 Å². The van der Waals surface area contributed by atoms with Crippen molar-refractivity contribution in [2.45, 2.75) is 68.6 Å². The zero-order valence-electron chi connectivity index (χ0n) is 12.3. The molecule has 2 rings (SSSR count). The molecule has 0 bridgehead atoms. The van der Waals surface area contributed by atoms with E-state index in [-0.39, 0.29) is 6.61 Å². The summed E-state index contributed by atoms with van der Waals surface area (Å²) in [6.07, 6.45) is -3.39. The molecule has 1 N–H and O–H groups in total. The highest BCUT2D eigenvalue weighted by Crippen LogP contribution is 2.37. The van der Waals surface area contributed by atoms with Crippen molar-refractivity contribution in [1.82, 2.24) is 0 Å². The Morgan fingerprint density at radius 3 is 2.33 bits per heavy atom. The van der Waals surface area contributed by atoms with Gasteiger partial charge < -0.3 is 24.1 Å². The molecule has 21 heavy (non-hydrogen) atoms. The molecule has 0 radical (unpaired) electrons. The minimum atomic E-state index is -1.38. The second-order valence-electron chi connectivity index (χ2n) is 6.08. The number of nitro groups is 1. The lowest BCUT2D eigenvalue weighted by molar-refractivity contribution is -0.506. The molecule has 122 valence electrons. The van der Waals surface area contributed by atoms with E-state index in [1.165, 1.54) is 0 Å². The first kappa shape index (κ1) is 17.0. The number of aliphatic hydroxyl groups excluding tert-OH is 1. The van der Waals surface area contributed by atoms with Crippen molar-refractivity contribution in [3.8, 4) is 0 Å². The molecule has 9 heteroatoms. The topological polar surface area (TPSA) is 100 Å². The van der Waals surface area contributed by atoms with Crippen LogP contribution in [0.2, 0.25) is 0 Å². The van der Waals surface area contributed by atoms with Crippen LogP contribution < -0.4 is 0 Å². The highest BCUT2D eigenvalue weighted by Gasteiger charge is 2.54. The number of nitrogens with zero attached hydrogens (tertiary/aromatic N) is 1.